The molecule has 0 saturated heterocycles. The Bertz CT molecular complexity index is 1380. The number of amides is 1. The second kappa shape index (κ2) is 12.6. The fraction of sp³-hybridized carbons (Fsp3) is 0.323. The number of aliphatic carboxylic acids is 2. The van der Waals surface area contributed by atoms with E-state index in [1.165, 1.54) is 29.8 Å². The summed E-state index contributed by atoms with van der Waals surface area (Å²) in [7, 11) is 1.82. The third-order valence-corrected chi connectivity index (χ3v) is 7.47. The Labute approximate surface area is 242 Å². The summed E-state index contributed by atoms with van der Waals surface area (Å²) in [6.07, 6.45) is 7.28. The Morgan fingerprint density at radius 1 is 0.810 bits per heavy atom. The maximum absolute atomic E-state index is 12.8. The first kappa shape index (κ1) is 32.1. The molecule has 0 saturated carbocycles. The number of ketones is 2. The Morgan fingerprint density at radius 2 is 1.24 bits per heavy atom. The van der Waals surface area contributed by atoms with Gasteiger partial charge >= 0.3 is 11.9 Å². The zero-order valence-electron chi connectivity index (χ0n) is 23.5. The molecule has 1 aliphatic heterocycles. The first-order valence-corrected chi connectivity index (χ1v) is 13.2. The third kappa shape index (κ3) is 5.94. The summed E-state index contributed by atoms with van der Waals surface area (Å²) in [5.41, 5.74) is 1.08. The van der Waals surface area contributed by atoms with Crippen molar-refractivity contribution in [3.63, 3.8) is 0 Å². The van der Waals surface area contributed by atoms with Gasteiger partial charge in [-0.15, -0.1) is 0 Å². The van der Waals surface area contributed by atoms with E-state index in [0.29, 0.717) is 11.1 Å². The minimum atomic E-state index is -3.96. The summed E-state index contributed by atoms with van der Waals surface area (Å²) in [5, 5.41) is 40.3. The van der Waals surface area contributed by atoms with Crippen molar-refractivity contribution in [1.82, 2.24) is 4.90 Å². The monoisotopic (exact) mass is 578 g/mol. The number of nitrogens with zero attached hydrogens (tertiary/aromatic N) is 1. The maximum atomic E-state index is 12.8. The molecule has 1 heterocycles. The van der Waals surface area contributed by atoms with E-state index < -0.39 is 40.7 Å². The molecule has 0 spiro atoms. The summed E-state index contributed by atoms with van der Waals surface area (Å²) >= 11 is 0. The predicted molar refractivity (Wildman–Crippen MR) is 152 cm³/mol. The van der Waals surface area contributed by atoms with Crippen LogP contribution in [0.3, 0.4) is 0 Å². The number of hydrogen-bond acceptors (Lipinski definition) is 8. The van der Waals surface area contributed by atoms with Crippen molar-refractivity contribution in [3.8, 4) is 0 Å². The highest BCUT2D eigenvalue weighted by Crippen LogP contribution is 2.32. The quantitative estimate of drug-likeness (QED) is 0.239. The maximum Gasteiger partial charge on any atom is 0.348 e. The number of aryl methyl sites for hydroxylation is 2. The van der Waals surface area contributed by atoms with Crippen LogP contribution in [0.5, 0.6) is 0 Å². The first-order chi connectivity index (χ1) is 19.7. The van der Waals surface area contributed by atoms with Crippen LogP contribution < -0.4 is 5.73 Å². The Morgan fingerprint density at radius 3 is 1.64 bits per heavy atom. The number of aliphatic hydroxyl groups is 2. The molecule has 0 aromatic heterocycles. The smallest absolute Gasteiger partial charge is 0.348 e. The lowest BCUT2D eigenvalue weighted by Gasteiger charge is -2.34. The predicted octanol–water partition coefficient (Wildman–Crippen LogP) is 1.82. The second-order valence-corrected chi connectivity index (χ2v) is 10.4. The lowest BCUT2D eigenvalue weighted by atomic mass is 9.73. The summed E-state index contributed by atoms with van der Waals surface area (Å²) in [6.45, 7) is 4.18. The van der Waals surface area contributed by atoms with Gasteiger partial charge in [-0.1, -0.05) is 77.4 Å². The van der Waals surface area contributed by atoms with E-state index in [1.54, 1.807) is 18.7 Å². The van der Waals surface area contributed by atoms with E-state index in [1.807, 2.05) is 13.1 Å². The molecule has 2 aliphatic rings. The lowest BCUT2D eigenvalue weighted by Crippen LogP contribution is -2.71. The topological polar surface area (TPSA) is 196 Å². The number of likely N-dealkylation sites (N-methyl/N-ethyl adjacent to an activating group) is 1. The van der Waals surface area contributed by atoms with Crippen LogP contribution in [0, 0.1) is 13.8 Å². The Kier molecular flexibility index (Phi) is 9.62. The van der Waals surface area contributed by atoms with Crippen LogP contribution in [0.15, 0.2) is 71.8 Å². The van der Waals surface area contributed by atoms with Gasteiger partial charge in [0.05, 0.1) is 0 Å². The van der Waals surface area contributed by atoms with Gasteiger partial charge in [0.25, 0.3) is 11.2 Å². The van der Waals surface area contributed by atoms with Gasteiger partial charge in [-0.3, -0.25) is 14.4 Å². The van der Waals surface area contributed by atoms with Crippen molar-refractivity contribution in [3.05, 3.63) is 94.1 Å². The van der Waals surface area contributed by atoms with Crippen LogP contribution in [0.4, 0.5) is 0 Å². The highest BCUT2D eigenvalue weighted by Gasteiger charge is 2.69. The molecule has 2 aromatic rings. The SMILES string of the molecule is CN1CCC2=C(C=CCC2)[C@H](N)C1=O.Cc1ccc(C(=O)[C@](O)(C(=O)O)[C@@](O)(C(=O)O)C(=O)c2ccc(C)cc2)cc1. The fourth-order valence-corrected chi connectivity index (χ4v) is 4.77. The van der Waals surface area contributed by atoms with Crippen molar-refractivity contribution >= 4 is 29.4 Å². The molecule has 1 aliphatic carbocycles. The fourth-order valence-electron chi connectivity index (χ4n) is 4.77. The summed E-state index contributed by atoms with van der Waals surface area (Å²) in [5.74, 6) is -7.97. The average molecular weight is 579 g/mol. The molecule has 0 radical (unpaired) electrons. The van der Waals surface area contributed by atoms with E-state index in [2.05, 4.69) is 6.08 Å². The number of carbonyl (C=O) groups excluding carboxylic acids is 3. The van der Waals surface area contributed by atoms with Crippen LogP contribution in [0.1, 0.15) is 51.1 Å². The molecule has 6 N–H and O–H groups in total. The van der Waals surface area contributed by atoms with Gasteiger partial charge < -0.3 is 31.1 Å². The number of rotatable bonds is 7. The number of carboxylic acids is 2. The van der Waals surface area contributed by atoms with Crippen molar-refractivity contribution in [1.29, 1.82) is 0 Å². The van der Waals surface area contributed by atoms with Crippen molar-refractivity contribution in [2.24, 2.45) is 5.73 Å². The molecule has 222 valence electrons. The van der Waals surface area contributed by atoms with E-state index in [0.717, 1.165) is 55.6 Å². The van der Waals surface area contributed by atoms with Crippen LogP contribution in [-0.2, 0) is 14.4 Å². The van der Waals surface area contributed by atoms with Gasteiger partial charge in [-0.25, -0.2) is 9.59 Å². The highest BCUT2D eigenvalue weighted by molar-refractivity contribution is 6.28. The molecular formula is C31H34N2O9. The number of nitrogens with two attached hydrogens (primary N) is 1. The summed E-state index contributed by atoms with van der Waals surface area (Å²) in [4.78, 5) is 62.6. The molecule has 11 heteroatoms. The molecule has 0 fully saturated rings. The zero-order chi connectivity index (χ0) is 31.4. The van der Waals surface area contributed by atoms with Crippen molar-refractivity contribution in [2.75, 3.05) is 13.6 Å². The number of Topliss-reactive ketones (excluding diaryl/α,β-unsaturated/α-hetero) is 2. The molecule has 3 atom stereocenters. The molecule has 4 rings (SSSR count). The zero-order valence-corrected chi connectivity index (χ0v) is 23.5. The number of benzene rings is 2. The second-order valence-electron chi connectivity index (χ2n) is 10.4. The lowest BCUT2D eigenvalue weighted by molar-refractivity contribution is -0.187. The Hall–Kier alpha value is -4.45. The molecule has 11 nitrogen and oxygen atoms in total. The minimum absolute atomic E-state index is 0.0431. The van der Waals surface area contributed by atoms with Gasteiger partial charge in [0.15, 0.2) is 0 Å². The number of carbonyl (C=O) groups is 5. The standard InChI is InChI=1S/C20H18O8.C11H16N2O/c1-11-3-7-13(8-4-11)15(21)19(27,17(23)24)20(28,18(25)26)16(22)14-9-5-12(2)6-10-14;1-13-7-6-8-4-2-3-5-9(8)10(12)11(13)14/h3-10,27-28H,1-2H3,(H,23,24)(H,25,26);3,5,10H,2,4,6-7,12H2,1H3/t19-,20-;10-/m00/s1. The summed E-state index contributed by atoms with van der Waals surface area (Å²) in [6, 6.07) is 9.90. The molecule has 0 bridgehead atoms. The van der Waals surface area contributed by atoms with Gasteiger partial charge in [-0.05, 0) is 38.7 Å². The number of hydrogen-bond donors (Lipinski definition) is 5. The van der Waals surface area contributed by atoms with E-state index in [4.69, 9.17) is 5.73 Å². The summed E-state index contributed by atoms with van der Waals surface area (Å²) < 4.78 is 0. The first-order valence-electron chi connectivity index (χ1n) is 13.2. The van der Waals surface area contributed by atoms with Gasteiger partial charge in [0.1, 0.15) is 6.04 Å². The van der Waals surface area contributed by atoms with Gasteiger partial charge in [-0.2, -0.15) is 0 Å². The molecule has 42 heavy (non-hydrogen) atoms. The van der Waals surface area contributed by atoms with Crippen LogP contribution in [0.25, 0.3) is 0 Å². The molecule has 0 unspecified atom stereocenters. The van der Waals surface area contributed by atoms with E-state index in [9.17, 15) is 44.4 Å². The average Bonchev–Trinajstić information content (AvgIpc) is 3.08. The number of carboxylic acid groups (broad SMARTS) is 2. The van der Waals surface area contributed by atoms with Crippen LogP contribution >= 0.6 is 0 Å². The van der Waals surface area contributed by atoms with Crippen molar-refractivity contribution < 1.29 is 44.4 Å². The Balaban J connectivity index is 0.000000287. The van der Waals surface area contributed by atoms with Gasteiger partial charge in [0, 0.05) is 24.7 Å². The van der Waals surface area contributed by atoms with Crippen molar-refractivity contribution in [2.45, 2.75) is 50.4 Å². The molecule has 2 aromatic carbocycles. The minimum Gasteiger partial charge on any atom is -0.479 e. The molecule has 1 amide bonds. The van der Waals surface area contributed by atoms with Crippen LogP contribution in [-0.4, -0.2) is 85.6 Å². The normalized spacial score (nSPS) is 19.3. The van der Waals surface area contributed by atoms with E-state index >= 15 is 0 Å². The molecular weight excluding hydrogens is 544 g/mol. The number of allylic oxidation sites excluding steroid dienone is 1. The van der Waals surface area contributed by atoms with Gasteiger partial charge in [0.2, 0.25) is 17.5 Å². The van der Waals surface area contributed by atoms with E-state index in [-0.39, 0.29) is 17.0 Å². The largest absolute Gasteiger partial charge is 0.479 e. The highest BCUT2D eigenvalue weighted by atomic mass is 16.5. The van der Waals surface area contributed by atoms with Crippen LogP contribution in [0.2, 0.25) is 0 Å². The third-order valence-electron chi connectivity index (χ3n) is 7.47.